The summed E-state index contributed by atoms with van der Waals surface area (Å²) in [7, 11) is 1.39. The Kier molecular flexibility index (Phi) is 7.93. The van der Waals surface area contributed by atoms with E-state index in [1.165, 1.54) is 7.11 Å². The topological polar surface area (TPSA) is 64.3 Å². The summed E-state index contributed by atoms with van der Waals surface area (Å²) in [5.74, 6) is 0.597. The largest absolute Gasteiger partial charge is 0.468 e. The van der Waals surface area contributed by atoms with Crippen LogP contribution in [0.15, 0.2) is 0 Å². The molecule has 0 saturated heterocycles. The lowest BCUT2D eigenvalue weighted by molar-refractivity contribution is -0.142. The SMILES string of the molecule is COC(=O)C(N)CC1CCC(NCC2C(Cl)CCCC2Cl)CC1. The third-order valence-electron chi connectivity index (χ3n) is 5.47. The fourth-order valence-electron chi connectivity index (χ4n) is 3.93. The van der Waals surface area contributed by atoms with Crippen molar-refractivity contribution in [3.05, 3.63) is 0 Å². The van der Waals surface area contributed by atoms with Gasteiger partial charge >= 0.3 is 5.97 Å². The van der Waals surface area contributed by atoms with Crippen molar-refractivity contribution in [1.29, 1.82) is 0 Å². The minimum absolute atomic E-state index is 0.202. The molecule has 0 spiro atoms. The number of halogens is 2. The Morgan fingerprint density at radius 1 is 1.17 bits per heavy atom. The van der Waals surface area contributed by atoms with E-state index in [9.17, 15) is 4.79 Å². The van der Waals surface area contributed by atoms with E-state index < -0.39 is 6.04 Å². The van der Waals surface area contributed by atoms with Gasteiger partial charge in [0, 0.05) is 29.3 Å². The highest BCUT2D eigenvalue weighted by molar-refractivity contribution is 6.24. The first-order valence-corrected chi connectivity index (χ1v) is 9.73. The van der Waals surface area contributed by atoms with Crippen LogP contribution < -0.4 is 11.1 Å². The second-order valence-electron chi connectivity index (χ2n) is 7.12. The quantitative estimate of drug-likeness (QED) is 0.561. The van der Waals surface area contributed by atoms with Gasteiger partial charge in [-0.3, -0.25) is 4.79 Å². The molecule has 4 nitrogen and oxygen atoms in total. The Hall–Kier alpha value is -0.0300. The Bertz CT molecular complexity index is 366. The second kappa shape index (κ2) is 9.45. The van der Waals surface area contributed by atoms with Crippen molar-refractivity contribution in [3.63, 3.8) is 0 Å². The third-order valence-corrected chi connectivity index (χ3v) is 6.55. The van der Waals surface area contributed by atoms with E-state index in [1.807, 2.05) is 0 Å². The predicted molar refractivity (Wildman–Crippen MR) is 95.0 cm³/mol. The Balaban J connectivity index is 1.67. The van der Waals surface area contributed by atoms with Gasteiger partial charge in [0.15, 0.2) is 0 Å². The molecule has 0 bridgehead atoms. The lowest BCUT2D eigenvalue weighted by Gasteiger charge is -2.35. The molecule has 134 valence electrons. The zero-order valence-electron chi connectivity index (χ0n) is 14.0. The summed E-state index contributed by atoms with van der Waals surface area (Å²) in [5, 5.41) is 4.07. The molecular weight excluding hydrogens is 335 g/mol. The number of rotatable bonds is 6. The molecule has 2 saturated carbocycles. The van der Waals surface area contributed by atoms with Gasteiger partial charge in [-0.2, -0.15) is 0 Å². The molecule has 0 aliphatic heterocycles. The van der Waals surface area contributed by atoms with Crippen molar-refractivity contribution in [3.8, 4) is 0 Å². The smallest absolute Gasteiger partial charge is 0.322 e. The number of nitrogens with one attached hydrogen (secondary N) is 1. The molecular formula is C17H30Cl2N2O2. The number of hydrogen-bond donors (Lipinski definition) is 2. The number of methoxy groups -OCH3 is 1. The van der Waals surface area contributed by atoms with Crippen LogP contribution in [0.3, 0.4) is 0 Å². The zero-order chi connectivity index (χ0) is 16.8. The molecule has 0 aromatic rings. The average Bonchev–Trinajstić information content (AvgIpc) is 2.55. The molecule has 23 heavy (non-hydrogen) atoms. The van der Waals surface area contributed by atoms with E-state index in [0.717, 1.165) is 57.9 Å². The summed E-state index contributed by atoms with van der Waals surface area (Å²) in [5.41, 5.74) is 5.86. The van der Waals surface area contributed by atoms with Gasteiger partial charge in [-0.05, 0) is 50.9 Å². The van der Waals surface area contributed by atoms with Crippen molar-refractivity contribution in [2.75, 3.05) is 13.7 Å². The first-order chi connectivity index (χ1) is 11.0. The molecule has 3 atom stereocenters. The third kappa shape index (κ3) is 5.77. The number of hydrogen-bond acceptors (Lipinski definition) is 4. The van der Waals surface area contributed by atoms with Crippen molar-refractivity contribution < 1.29 is 9.53 Å². The molecule has 0 aromatic carbocycles. The van der Waals surface area contributed by atoms with Crippen molar-refractivity contribution in [1.82, 2.24) is 5.32 Å². The molecule has 0 aromatic heterocycles. The van der Waals surface area contributed by atoms with E-state index in [-0.39, 0.29) is 16.7 Å². The maximum atomic E-state index is 11.4. The molecule has 0 heterocycles. The minimum atomic E-state index is -0.481. The Labute approximate surface area is 149 Å². The fourth-order valence-corrected chi connectivity index (χ4v) is 4.84. The van der Waals surface area contributed by atoms with Crippen LogP contribution in [-0.4, -0.2) is 42.5 Å². The number of carbonyl (C=O) groups is 1. The highest BCUT2D eigenvalue weighted by Gasteiger charge is 2.32. The molecule has 2 aliphatic carbocycles. The van der Waals surface area contributed by atoms with Gasteiger partial charge in [-0.25, -0.2) is 0 Å². The second-order valence-corrected chi connectivity index (χ2v) is 8.24. The normalized spacial score (nSPS) is 36.4. The first kappa shape index (κ1) is 19.3. The summed E-state index contributed by atoms with van der Waals surface area (Å²) >= 11 is 12.9. The molecule has 3 unspecified atom stereocenters. The van der Waals surface area contributed by atoms with Gasteiger partial charge < -0.3 is 15.8 Å². The fraction of sp³-hybridized carbons (Fsp3) is 0.941. The molecule has 2 rings (SSSR count). The highest BCUT2D eigenvalue weighted by atomic mass is 35.5. The van der Waals surface area contributed by atoms with Crippen LogP contribution in [0, 0.1) is 11.8 Å². The first-order valence-electron chi connectivity index (χ1n) is 8.86. The maximum absolute atomic E-state index is 11.4. The Morgan fingerprint density at radius 2 is 1.78 bits per heavy atom. The lowest BCUT2D eigenvalue weighted by atomic mass is 9.82. The molecule has 2 fully saturated rings. The van der Waals surface area contributed by atoms with Crippen LogP contribution in [-0.2, 0) is 9.53 Å². The van der Waals surface area contributed by atoms with E-state index in [0.29, 0.717) is 17.9 Å². The predicted octanol–water partition coefficient (Wildman–Crippen LogP) is 3.04. The number of alkyl halides is 2. The van der Waals surface area contributed by atoms with Crippen LogP contribution in [0.25, 0.3) is 0 Å². The molecule has 0 radical (unpaired) electrons. The van der Waals surface area contributed by atoms with Gasteiger partial charge in [0.1, 0.15) is 6.04 Å². The number of ether oxygens (including phenoxy) is 1. The summed E-state index contributed by atoms with van der Waals surface area (Å²) in [6.45, 7) is 0.916. The zero-order valence-corrected chi connectivity index (χ0v) is 15.5. The lowest BCUT2D eigenvalue weighted by Crippen LogP contribution is -2.43. The summed E-state index contributed by atoms with van der Waals surface area (Å²) < 4.78 is 4.70. The summed E-state index contributed by atoms with van der Waals surface area (Å²) in [6.07, 6.45) is 8.52. The van der Waals surface area contributed by atoms with Crippen molar-refractivity contribution >= 4 is 29.2 Å². The molecule has 3 N–H and O–H groups in total. The van der Waals surface area contributed by atoms with Crippen LogP contribution in [0.4, 0.5) is 0 Å². The standard InChI is InChI=1S/C17H30Cl2N2O2/c1-23-17(22)16(20)9-11-5-7-12(8-6-11)21-10-13-14(18)3-2-4-15(13)19/h11-16,21H,2-10,20H2,1H3. The Morgan fingerprint density at radius 3 is 2.35 bits per heavy atom. The van der Waals surface area contributed by atoms with Gasteiger partial charge in [-0.15, -0.1) is 23.2 Å². The molecule has 0 amide bonds. The van der Waals surface area contributed by atoms with Crippen LogP contribution >= 0.6 is 23.2 Å². The molecule has 2 aliphatic rings. The van der Waals surface area contributed by atoms with E-state index in [4.69, 9.17) is 33.7 Å². The van der Waals surface area contributed by atoms with Crippen LogP contribution in [0.5, 0.6) is 0 Å². The highest BCUT2D eigenvalue weighted by Crippen LogP contribution is 2.33. The number of esters is 1. The van der Waals surface area contributed by atoms with Crippen molar-refractivity contribution in [2.24, 2.45) is 17.6 Å². The van der Waals surface area contributed by atoms with Gasteiger partial charge in [0.2, 0.25) is 0 Å². The minimum Gasteiger partial charge on any atom is -0.468 e. The number of nitrogens with two attached hydrogens (primary N) is 1. The van der Waals surface area contributed by atoms with Crippen LogP contribution in [0.1, 0.15) is 51.4 Å². The summed E-state index contributed by atoms with van der Waals surface area (Å²) in [4.78, 5) is 11.4. The average molecular weight is 365 g/mol. The van der Waals surface area contributed by atoms with Gasteiger partial charge in [0.25, 0.3) is 0 Å². The maximum Gasteiger partial charge on any atom is 0.322 e. The van der Waals surface area contributed by atoms with Gasteiger partial charge in [0.05, 0.1) is 7.11 Å². The van der Waals surface area contributed by atoms with Gasteiger partial charge in [-0.1, -0.05) is 6.42 Å². The monoisotopic (exact) mass is 364 g/mol. The van der Waals surface area contributed by atoms with E-state index in [2.05, 4.69) is 5.32 Å². The van der Waals surface area contributed by atoms with Crippen molar-refractivity contribution in [2.45, 2.75) is 74.2 Å². The summed E-state index contributed by atoms with van der Waals surface area (Å²) in [6, 6.07) is 0.0565. The van der Waals surface area contributed by atoms with Crippen LogP contribution in [0.2, 0.25) is 0 Å². The van der Waals surface area contributed by atoms with E-state index in [1.54, 1.807) is 0 Å². The van der Waals surface area contributed by atoms with E-state index >= 15 is 0 Å². The molecule has 6 heteroatoms. The number of carbonyl (C=O) groups excluding carboxylic acids is 1.